The number of hydrogen-bond donors (Lipinski definition) is 0. The topological polar surface area (TPSA) is 269 Å². The maximum Gasteiger partial charge on any atom is 0.411 e. The first-order valence-corrected chi connectivity index (χ1v) is 25.8. The Morgan fingerprint density at radius 3 is 0.843 bits per heavy atom. The summed E-state index contributed by atoms with van der Waals surface area (Å²) in [6.45, 7) is 0. The van der Waals surface area contributed by atoms with Crippen molar-refractivity contribution >= 4 is 71.6 Å². The molecule has 6 aliphatic heterocycles. The minimum absolute atomic E-state index is 0.114. The van der Waals surface area contributed by atoms with E-state index in [1.165, 1.54) is 36.4 Å². The fourth-order valence-corrected chi connectivity index (χ4v) is 11.7. The Labute approximate surface area is 490 Å². The number of rotatable bonds is 6. The van der Waals surface area contributed by atoms with E-state index in [9.17, 15) is 83.9 Å². The number of esters is 12. The average molecular weight is 1210 g/mol. The van der Waals surface area contributed by atoms with Crippen LogP contribution in [-0.4, -0.2) is 84.0 Å². The van der Waals surface area contributed by atoms with E-state index in [0.29, 0.717) is 24.3 Å². The molecular formula is C64H26F6O19. The van der Waals surface area contributed by atoms with Gasteiger partial charge in [0.1, 0.15) is 11.5 Å². The predicted molar refractivity (Wildman–Crippen MR) is 281 cm³/mol. The monoisotopic (exact) mass is 1210 g/mol. The Hall–Kier alpha value is -12.0. The Kier molecular flexibility index (Phi) is 12.5. The minimum atomic E-state index is -6.02. The molecule has 0 saturated heterocycles. The van der Waals surface area contributed by atoms with Crippen molar-refractivity contribution in [2.45, 2.75) is 23.2 Å². The number of hydrogen-bond acceptors (Lipinski definition) is 19. The molecule has 0 unspecified atom stereocenters. The third kappa shape index (κ3) is 8.44. The molecule has 1 aliphatic carbocycles. The average Bonchev–Trinajstić information content (AvgIpc) is 1.70. The zero-order valence-electron chi connectivity index (χ0n) is 44.0. The van der Waals surface area contributed by atoms with Gasteiger partial charge in [0.05, 0.1) is 72.2 Å². The van der Waals surface area contributed by atoms with Crippen molar-refractivity contribution in [3.63, 3.8) is 0 Å². The minimum Gasteiger partial charge on any atom is -0.457 e. The molecule has 0 N–H and O–H groups in total. The molecule has 7 aliphatic rings. The van der Waals surface area contributed by atoms with E-state index in [0.717, 1.165) is 33.4 Å². The number of carbonyl (C=O) groups is 12. The van der Waals surface area contributed by atoms with Gasteiger partial charge in [-0.2, -0.15) is 26.3 Å². The summed E-state index contributed by atoms with van der Waals surface area (Å²) in [5, 5.41) is 0. The molecule has 6 heterocycles. The Morgan fingerprint density at radius 1 is 0.270 bits per heavy atom. The first-order chi connectivity index (χ1) is 42.3. The van der Waals surface area contributed by atoms with Crippen molar-refractivity contribution in [2.24, 2.45) is 0 Å². The Morgan fingerprint density at radius 2 is 0.528 bits per heavy atom. The number of cyclic esters (lactones) is 12. The maximum absolute atomic E-state index is 14.2. The SMILES string of the molecule is O=C1OC(=O)c2cc(C(c3ccc4c(c3)C(=O)OC4=O)(C(F)(F)F)C(F)(F)F)ccc21.O=C1OC(=O)c2cc(C3(c4ccc5c(c4)C(=O)OC5=O)c4ccccc4-c4ccccc43)ccc21.O=C1OC(=O)c2cc(Oc3ccc4c(c3)C(=O)OC4=O)ccc21. The van der Waals surface area contributed by atoms with Crippen LogP contribution in [0.3, 0.4) is 0 Å². The van der Waals surface area contributed by atoms with Gasteiger partial charge in [-0.3, -0.25) is 0 Å². The lowest BCUT2D eigenvalue weighted by Gasteiger charge is -2.38. The van der Waals surface area contributed by atoms with Crippen LogP contribution in [0.2, 0.25) is 0 Å². The molecule has 0 saturated carbocycles. The highest BCUT2D eigenvalue weighted by atomic mass is 19.4. The van der Waals surface area contributed by atoms with Gasteiger partial charge in [0.2, 0.25) is 5.41 Å². The van der Waals surface area contributed by atoms with E-state index in [2.05, 4.69) is 18.9 Å². The van der Waals surface area contributed by atoms with E-state index in [4.69, 9.17) is 14.2 Å². The Bertz CT molecular complexity index is 4430. The zero-order chi connectivity index (χ0) is 63.0. The molecule has 19 nitrogen and oxygen atoms in total. The van der Waals surface area contributed by atoms with Gasteiger partial charge < -0.3 is 33.2 Å². The van der Waals surface area contributed by atoms with Crippen molar-refractivity contribution in [3.8, 4) is 22.6 Å². The summed E-state index contributed by atoms with van der Waals surface area (Å²) in [7, 11) is 0. The fourth-order valence-electron chi connectivity index (χ4n) is 11.7. The van der Waals surface area contributed by atoms with Gasteiger partial charge in [0.15, 0.2) is 0 Å². The molecule has 0 radical (unpaired) electrons. The third-order valence-electron chi connectivity index (χ3n) is 15.6. The number of alkyl halides is 6. The van der Waals surface area contributed by atoms with Crippen LogP contribution in [0.4, 0.5) is 26.3 Å². The maximum atomic E-state index is 14.2. The molecule has 15 rings (SSSR count). The zero-order valence-corrected chi connectivity index (χ0v) is 44.0. The summed E-state index contributed by atoms with van der Waals surface area (Å²) in [6.07, 6.45) is -12.0. The molecule has 8 aromatic carbocycles. The second-order valence-corrected chi connectivity index (χ2v) is 20.2. The van der Waals surface area contributed by atoms with Gasteiger partial charge >= 0.3 is 84.0 Å². The summed E-state index contributed by atoms with van der Waals surface area (Å²) >= 11 is 0. The van der Waals surface area contributed by atoms with Gasteiger partial charge in [0, 0.05) is 0 Å². The smallest absolute Gasteiger partial charge is 0.411 e. The summed E-state index contributed by atoms with van der Waals surface area (Å²) in [5.41, 5.74) is -4.20. The van der Waals surface area contributed by atoms with Crippen LogP contribution in [0.1, 0.15) is 158 Å². The second-order valence-electron chi connectivity index (χ2n) is 20.2. The second kappa shape index (κ2) is 19.8. The van der Waals surface area contributed by atoms with Crippen LogP contribution in [0.5, 0.6) is 11.5 Å². The highest BCUT2D eigenvalue weighted by Gasteiger charge is 2.73. The van der Waals surface area contributed by atoms with Crippen molar-refractivity contribution < 1.29 is 117 Å². The molecule has 25 heteroatoms. The molecule has 0 fully saturated rings. The number of ether oxygens (including phenoxy) is 7. The van der Waals surface area contributed by atoms with Gasteiger partial charge in [-0.05, 0) is 129 Å². The lowest BCUT2D eigenvalue weighted by Crippen LogP contribution is -2.55. The largest absolute Gasteiger partial charge is 0.457 e. The van der Waals surface area contributed by atoms with Crippen LogP contribution in [0, 0.1) is 0 Å². The molecular weight excluding hydrogens is 1190 g/mol. The van der Waals surface area contributed by atoms with Gasteiger partial charge in [-0.25, -0.2) is 57.5 Å². The first kappa shape index (κ1) is 56.1. The molecule has 89 heavy (non-hydrogen) atoms. The lowest BCUT2D eigenvalue weighted by atomic mass is 9.67. The standard InChI is InChI=1S/C29H14O6.C19H6F6O6.C16H6O7/c30-25-19-11-9-15(13-21(19)27(32)34-25)29(16-10-12-20-22(14-16)28(33)35-26(20)31)23-7-3-1-5-17(23)18-6-2-4-8-24(18)29;20-18(21,22)17(19(23,24)25,7-1-3-9-11(5-7)15(28)30-13(9)26)8-2-4-10-12(6-8)16(29)31-14(10)27;17-13-9-3-1-7(5-11(9)15(19)22-13)21-8-2-4-10-12(6-8)16(20)23-14(10)18/h1-14H;1-6H;1-6H. The molecule has 0 atom stereocenters. The van der Waals surface area contributed by atoms with Crippen molar-refractivity contribution in [3.05, 3.63) is 258 Å². The van der Waals surface area contributed by atoms with Crippen LogP contribution >= 0.6 is 0 Å². The number of carbonyl (C=O) groups excluding carboxylic acids is 12. The van der Waals surface area contributed by atoms with Crippen LogP contribution < -0.4 is 4.74 Å². The molecule has 0 amide bonds. The van der Waals surface area contributed by atoms with Gasteiger partial charge in [0.25, 0.3) is 0 Å². The molecule has 0 spiro atoms. The lowest BCUT2D eigenvalue weighted by molar-refractivity contribution is -0.288. The summed E-state index contributed by atoms with van der Waals surface area (Å²) in [5.74, 6) is -10.2. The van der Waals surface area contributed by atoms with Crippen molar-refractivity contribution in [1.29, 1.82) is 0 Å². The van der Waals surface area contributed by atoms with Crippen molar-refractivity contribution in [1.82, 2.24) is 0 Å². The quantitative estimate of drug-likeness (QED) is 0.0648. The van der Waals surface area contributed by atoms with Crippen LogP contribution in [-0.2, 0) is 39.3 Å². The van der Waals surface area contributed by atoms with E-state index < -0.39 is 128 Å². The number of halogens is 6. The molecule has 8 aromatic rings. The summed E-state index contributed by atoms with van der Waals surface area (Å²) < 4.78 is 118. The molecule has 0 bridgehead atoms. The van der Waals surface area contributed by atoms with E-state index in [1.807, 2.05) is 60.7 Å². The number of fused-ring (bicyclic) bond motifs is 9. The van der Waals surface area contributed by atoms with E-state index >= 15 is 0 Å². The predicted octanol–water partition coefficient (Wildman–Crippen LogP) is 10.5. The molecule has 438 valence electrons. The van der Waals surface area contributed by atoms with E-state index in [-0.39, 0.29) is 68.1 Å². The third-order valence-corrected chi connectivity index (χ3v) is 15.6. The normalized spacial score (nSPS) is 16.0. The first-order valence-electron chi connectivity index (χ1n) is 25.8. The van der Waals surface area contributed by atoms with Crippen LogP contribution in [0.15, 0.2) is 158 Å². The fraction of sp³-hybridized carbons (Fsp3) is 0.0625. The highest BCUT2D eigenvalue weighted by molar-refractivity contribution is 6.18. The summed E-state index contributed by atoms with van der Waals surface area (Å²) in [6, 6.07) is 37.3. The van der Waals surface area contributed by atoms with Crippen LogP contribution in [0.25, 0.3) is 11.1 Å². The van der Waals surface area contributed by atoms with E-state index in [1.54, 1.807) is 24.3 Å². The Balaban J connectivity index is 0.000000125. The number of benzene rings is 8. The van der Waals surface area contributed by atoms with Gasteiger partial charge in [-0.15, -0.1) is 0 Å². The van der Waals surface area contributed by atoms with Gasteiger partial charge in [-0.1, -0.05) is 72.8 Å². The summed E-state index contributed by atoms with van der Waals surface area (Å²) in [4.78, 5) is 141. The van der Waals surface area contributed by atoms with Crippen molar-refractivity contribution in [2.75, 3.05) is 0 Å². The molecule has 0 aromatic heterocycles. The highest BCUT2D eigenvalue weighted by Crippen LogP contribution is 2.58.